The SMILES string of the molecule is COc1ccc(NC(N)=NCc2cc(Br)cs2)cc1. The van der Waals surface area contributed by atoms with Crippen LogP contribution in [0.2, 0.25) is 0 Å². The number of anilines is 1. The average Bonchev–Trinajstić information content (AvgIpc) is 2.83. The number of halogens is 1. The zero-order valence-corrected chi connectivity index (χ0v) is 12.8. The molecular formula is C13H14BrN3OS. The Morgan fingerprint density at radius 1 is 1.42 bits per heavy atom. The Bertz CT molecular complexity index is 566. The van der Waals surface area contributed by atoms with Crippen molar-refractivity contribution >= 4 is 38.9 Å². The third-order valence-corrected chi connectivity index (χ3v) is 4.07. The zero-order chi connectivity index (χ0) is 13.7. The third-order valence-electron chi connectivity index (χ3n) is 2.39. The minimum atomic E-state index is 0.398. The van der Waals surface area contributed by atoms with Crippen LogP contribution >= 0.6 is 27.3 Å². The van der Waals surface area contributed by atoms with Crippen molar-refractivity contribution in [2.45, 2.75) is 6.54 Å². The number of guanidine groups is 1. The van der Waals surface area contributed by atoms with E-state index in [1.54, 1.807) is 18.4 Å². The first-order valence-electron chi connectivity index (χ1n) is 5.61. The Morgan fingerprint density at radius 2 is 2.16 bits per heavy atom. The molecule has 0 aliphatic heterocycles. The molecule has 0 unspecified atom stereocenters. The van der Waals surface area contributed by atoms with E-state index in [-0.39, 0.29) is 0 Å². The van der Waals surface area contributed by atoms with E-state index in [1.165, 1.54) is 0 Å². The van der Waals surface area contributed by atoms with Crippen LogP contribution < -0.4 is 15.8 Å². The Balaban J connectivity index is 1.93. The fourth-order valence-electron chi connectivity index (χ4n) is 1.46. The van der Waals surface area contributed by atoms with Crippen molar-refractivity contribution in [2.75, 3.05) is 12.4 Å². The van der Waals surface area contributed by atoms with Gasteiger partial charge in [0.15, 0.2) is 5.96 Å². The molecule has 0 fully saturated rings. The molecule has 0 aliphatic rings. The summed E-state index contributed by atoms with van der Waals surface area (Å²) in [6, 6.07) is 9.55. The van der Waals surface area contributed by atoms with E-state index in [0.717, 1.165) is 20.8 Å². The monoisotopic (exact) mass is 339 g/mol. The molecule has 100 valence electrons. The molecule has 6 heteroatoms. The van der Waals surface area contributed by atoms with Gasteiger partial charge in [0.25, 0.3) is 0 Å². The molecule has 19 heavy (non-hydrogen) atoms. The average molecular weight is 340 g/mol. The van der Waals surface area contributed by atoms with Gasteiger partial charge in [0, 0.05) is 20.4 Å². The molecule has 0 spiro atoms. The van der Waals surface area contributed by atoms with Crippen molar-refractivity contribution in [2.24, 2.45) is 10.7 Å². The highest BCUT2D eigenvalue weighted by atomic mass is 79.9. The third kappa shape index (κ3) is 4.25. The van der Waals surface area contributed by atoms with Crippen LogP contribution in [0.1, 0.15) is 4.88 Å². The van der Waals surface area contributed by atoms with E-state index >= 15 is 0 Å². The van der Waals surface area contributed by atoms with Crippen molar-refractivity contribution < 1.29 is 4.74 Å². The predicted octanol–water partition coefficient (Wildman–Crippen LogP) is 3.45. The highest BCUT2D eigenvalue weighted by Gasteiger charge is 1.98. The summed E-state index contributed by atoms with van der Waals surface area (Å²) in [6.45, 7) is 0.575. The van der Waals surface area contributed by atoms with E-state index in [4.69, 9.17) is 10.5 Å². The van der Waals surface area contributed by atoms with Gasteiger partial charge in [-0.05, 0) is 46.3 Å². The van der Waals surface area contributed by atoms with E-state index < -0.39 is 0 Å². The number of aliphatic imine (C=N–C) groups is 1. The highest BCUT2D eigenvalue weighted by molar-refractivity contribution is 9.10. The van der Waals surface area contributed by atoms with Gasteiger partial charge < -0.3 is 15.8 Å². The molecule has 0 bridgehead atoms. The lowest BCUT2D eigenvalue weighted by atomic mass is 10.3. The van der Waals surface area contributed by atoms with Crippen LogP contribution in [-0.4, -0.2) is 13.1 Å². The van der Waals surface area contributed by atoms with Gasteiger partial charge in [-0.3, -0.25) is 0 Å². The fourth-order valence-corrected chi connectivity index (χ4v) is 2.84. The van der Waals surface area contributed by atoms with Crippen LogP contribution in [-0.2, 0) is 6.54 Å². The fraction of sp³-hybridized carbons (Fsp3) is 0.154. The number of thiophene rings is 1. The van der Waals surface area contributed by atoms with E-state index in [0.29, 0.717) is 12.5 Å². The topological polar surface area (TPSA) is 59.6 Å². The number of benzene rings is 1. The van der Waals surface area contributed by atoms with Crippen molar-refractivity contribution in [1.29, 1.82) is 0 Å². The molecular weight excluding hydrogens is 326 g/mol. The normalized spacial score (nSPS) is 11.4. The lowest BCUT2D eigenvalue weighted by Gasteiger charge is -2.06. The molecule has 4 nitrogen and oxygen atoms in total. The molecule has 0 aliphatic carbocycles. The van der Waals surface area contributed by atoms with Gasteiger partial charge in [-0.15, -0.1) is 11.3 Å². The van der Waals surface area contributed by atoms with Crippen molar-refractivity contribution in [3.05, 3.63) is 45.1 Å². The van der Waals surface area contributed by atoms with E-state index in [1.807, 2.05) is 35.7 Å². The molecule has 0 atom stereocenters. The van der Waals surface area contributed by atoms with Crippen LogP contribution in [0.4, 0.5) is 5.69 Å². The maximum Gasteiger partial charge on any atom is 0.193 e. The number of nitrogens with one attached hydrogen (secondary N) is 1. The Kier molecular flexibility index (Phi) is 4.81. The van der Waals surface area contributed by atoms with Gasteiger partial charge in [0.05, 0.1) is 13.7 Å². The summed E-state index contributed by atoms with van der Waals surface area (Å²) in [5, 5.41) is 5.06. The van der Waals surface area contributed by atoms with Crippen LogP contribution in [0.5, 0.6) is 5.75 Å². The summed E-state index contributed by atoms with van der Waals surface area (Å²) in [5.41, 5.74) is 6.72. The smallest absolute Gasteiger partial charge is 0.193 e. The summed E-state index contributed by atoms with van der Waals surface area (Å²) >= 11 is 5.06. The summed E-state index contributed by atoms with van der Waals surface area (Å²) < 4.78 is 6.16. The van der Waals surface area contributed by atoms with E-state index in [9.17, 15) is 0 Å². The van der Waals surface area contributed by atoms with E-state index in [2.05, 4.69) is 26.2 Å². The Labute approximate surface area is 124 Å². The molecule has 2 rings (SSSR count). The summed E-state index contributed by atoms with van der Waals surface area (Å²) in [7, 11) is 1.64. The summed E-state index contributed by atoms with van der Waals surface area (Å²) in [6.07, 6.45) is 0. The molecule has 1 heterocycles. The second-order valence-corrected chi connectivity index (χ2v) is 5.70. The van der Waals surface area contributed by atoms with Gasteiger partial charge >= 0.3 is 0 Å². The van der Waals surface area contributed by atoms with Gasteiger partial charge in [-0.25, -0.2) is 4.99 Å². The lowest BCUT2D eigenvalue weighted by molar-refractivity contribution is 0.415. The summed E-state index contributed by atoms with van der Waals surface area (Å²) in [4.78, 5) is 5.45. The first-order valence-corrected chi connectivity index (χ1v) is 7.28. The molecule has 1 aromatic heterocycles. The maximum absolute atomic E-state index is 5.83. The minimum Gasteiger partial charge on any atom is -0.497 e. The molecule has 0 saturated carbocycles. The Hall–Kier alpha value is -1.53. The molecule has 0 radical (unpaired) electrons. The minimum absolute atomic E-state index is 0.398. The van der Waals surface area contributed by atoms with Crippen molar-refractivity contribution in [1.82, 2.24) is 0 Å². The molecule has 3 N–H and O–H groups in total. The number of hydrogen-bond acceptors (Lipinski definition) is 3. The Morgan fingerprint density at radius 3 is 2.74 bits per heavy atom. The first kappa shape index (κ1) is 13.9. The van der Waals surface area contributed by atoms with Crippen LogP contribution in [0, 0.1) is 0 Å². The quantitative estimate of drug-likeness (QED) is 0.662. The van der Waals surface area contributed by atoms with Gasteiger partial charge in [0.2, 0.25) is 0 Å². The number of ether oxygens (including phenoxy) is 1. The number of nitrogens with zero attached hydrogens (tertiary/aromatic N) is 1. The number of nitrogens with two attached hydrogens (primary N) is 1. The van der Waals surface area contributed by atoms with Crippen LogP contribution in [0.25, 0.3) is 0 Å². The maximum atomic E-state index is 5.83. The lowest BCUT2D eigenvalue weighted by Crippen LogP contribution is -2.22. The zero-order valence-electron chi connectivity index (χ0n) is 10.4. The molecule has 1 aromatic carbocycles. The van der Waals surface area contributed by atoms with Crippen LogP contribution in [0.15, 0.2) is 45.2 Å². The van der Waals surface area contributed by atoms with Crippen LogP contribution in [0.3, 0.4) is 0 Å². The van der Waals surface area contributed by atoms with Gasteiger partial charge in [-0.2, -0.15) is 0 Å². The van der Waals surface area contributed by atoms with Crippen molar-refractivity contribution in [3.8, 4) is 5.75 Å². The molecule has 0 amide bonds. The highest BCUT2D eigenvalue weighted by Crippen LogP contribution is 2.20. The van der Waals surface area contributed by atoms with Crippen molar-refractivity contribution in [3.63, 3.8) is 0 Å². The molecule has 0 saturated heterocycles. The number of hydrogen-bond donors (Lipinski definition) is 2. The van der Waals surface area contributed by atoms with Gasteiger partial charge in [-0.1, -0.05) is 0 Å². The largest absolute Gasteiger partial charge is 0.497 e. The second-order valence-electron chi connectivity index (χ2n) is 3.79. The number of rotatable bonds is 4. The molecule has 2 aromatic rings. The first-order chi connectivity index (χ1) is 9.17. The number of methoxy groups -OCH3 is 1. The second kappa shape index (κ2) is 6.58. The predicted molar refractivity (Wildman–Crippen MR) is 84.0 cm³/mol. The standard InChI is InChI=1S/C13H14BrN3OS/c1-18-11-4-2-10(3-5-11)17-13(15)16-7-12-6-9(14)8-19-12/h2-6,8H,7H2,1H3,(H3,15,16,17). The summed E-state index contributed by atoms with van der Waals surface area (Å²) in [5.74, 6) is 1.21. The van der Waals surface area contributed by atoms with Gasteiger partial charge in [0.1, 0.15) is 5.75 Å².